The van der Waals surface area contributed by atoms with Crippen LogP contribution in [0.15, 0.2) is 12.1 Å². The lowest BCUT2D eigenvalue weighted by Gasteiger charge is -2.02. The number of rotatable bonds is 8. The molecule has 3 rings (SSSR count). The summed E-state index contributed by atoms with van der Waals surface area (Å²) in [5.41, 5.74) is 0.650. The van der Waals surface area contributed by atoms with E-state index in [0.717, 1.165) is 11.4 Å². The molecule has 0 fully saturated rings. The van der Waals surface area contributed by atoms with E-state index in [1.807, 2.05) is 0 Å². The molecule has 9 nitrogen and oxygen atoms in total. The maximum absolute atomic E-state index is 12.1. The number of aromatic nitrogens is 6. The van der Waals surface area contributed by atoms with E-state index in [4.69, 9.17) is 4.74 Å². The highest BCUT2D eigenvalue weighted by atomic mass is 32.1. The topological polar surface area (TPSA) is 107 Å². The Balaban J connectivity index is 1.51. The summed E-state index contributed by atoms with van der Waals surface area (Å²) in [4.78, 5) is 12.1. The summed E-state index contributed by atoms with van der Waals surface area (Å²) < 4.78 is 6.76. The van der Waals surface area contributed by atoms with Crippen molar-refractivity contribution in [1.29, 1.82) is 0 Å². The van der Waals surface area contributed by atoms with E-state index in [1.54, 1.807) is 23.8 Å². The Kier molecular flexibility index (Phi) is 5.71. The Morgan fingerprint density at radius 1 is 1.27 bits per heavy atom. The predicted molar refractivity (Wildman–Crippen MR) is 97.4 cm³/mol. The number of nitrogens with one attached hydrogen (secondary N) is 1. The van der Waals surface area contributed by atoms with E-state index in [0.29, 0.717) is 47.7 Å². The number of aryl methyl sites for hydroxylation is 1. The summed E-state index contributed by atoms with van der Waals surface area (Å²) in [6.07, 6.45) is 2.44. The maximum Gasteiger partial charge on any atom is 0.231 e. The van der Waals surface area contributed by atoms with Crippen LogP contribution in [0.5, 0.6) is 5.88 Å². The van der Waals surface area contributed by atoms with Crippen LogP contribution in [-0.2, 0) is 17.6 Å². The number of ether oxygens (including phenoxy) is 1. The molecule has 10 heteroatoms. The van der Waals surface area contributed by atoms with Gasteiger partial charge in [0.25, 0.3) is 0 Å². The lowest BCUT2D eigenvalue weighted by Crippen LogP contribution is -2.11. The van der Waals surface area contributed by atoms with E-state index in [-0.39, 0.29) is 5.91 Å². The Bertz CT molecular complexity index is 890. The molecule has 0 atom stereocenters. The third kappa shape index (κ3) is 4.51. The van der Waals surface area contributed by atoms with Crippen molar-refractivity contribution in [3.05, 3.63) is 23.0 Å². The van der Waals surface area contributed by atoms with E-state index in [2.05, 4.69) is 44.7 Å². The molecule has 0 unspecified atom stereocenters. The molecule has 138 valence electrons. The summed E-state index contributed by atoms with van der Waals surface area (Å²) in [6, 6.07) is 3.52. The molecule has 0 aliphatic heterocycles. The maximum atomic E-state index is 12.1. The third-order valence-corrected chi connectivity index (χ3v) is 4.47. The molecule has 0 aliphatic rings. The summed E-state index contributed by atoms with van der Waals surface area (Å²) in [5.74, 6) is 1.61. The standard InChI is InChI=1S/C16H21N7O2S/c1-10(2)9-15-20-21-16(26-15)17-13(24)6-4-5-11-18-19-12-7-8-14(25-3)22-23(11)12/h7-8,10H,4-6,9H2,1-3H3,(H,17,21,24). The second-order valence-electron chi connectivity index (χ2n) is 6.26. The zero-order valence-electron chi connectivity index (χ0n) is 15.0. The van der Waals surface area contributed by atoms with E-state index in [1.165, 1.54) is 11.3 Å². The first kappa shape index (κ1) is 18.2. The predicted octanol–water partition coefficient (Wildman–Crippen LogP) is 2.14. The van der Waals surface area contributed by atoms with E-state index < -0.39 is 0 Å². The molecule has 1 N–H and O–H groups in total. The smallest absolute Gasteiger partial charge is 0.231 e. The molecular weight excluding hydrogens is 354 g/mol. The summed E-state index contributed by atoms with van der Waals surface area (Å²) in [5, 5.41) is 24.9. The molecule has 0 saturated heterocycles. The molecule has 0 aliphatic carbocycles. The average molecular weight is 375 g/mol. The van der Waals surface area contributed by atoms with Gasteiger partial charge < -0.3 is 10.1 Å². The van der Waals surface area contributed by atoms with Crippen LogP contribution in [0.4, 0.5) is 5.13 Å². The highest BCUT2D eigenvalue weighted by Crippen LogP contribution is 2.18. The van der Waals surface area contributed by atoms with Crippen molar-refractivity contribution in [2.24, 2.45) is 5.92 Å². The molecular formula is C16H21N7O2S. The number of hydrogen-bond acceptors (Lipinski definition) is 8. The van der Waals surface area contributed by atoms with Gasteiger partial charge >= 0.3 is 0 Å². The minimum absolute atomic E-state index is 0.0865. The zero-order valence-corrected chi connectivity index (χ0v) is 15.8. The van der Waals surface area contributed by atoms with Crippen molar-refractivity contribution >= 4 is 28.0 Å². The van der Waals surface area contributed by atoms with Gasteiger partial charge in [0, 0.05) is 25.3 Å². The number of fused-ring (bicyclic) bond motifs is 1. The van der Waals surface area contributed by atoms with Crippen LogP contribution in [0.25, 0.3) is 5.65 Å². The highest BCUT2D eigenvalue weighted by Gasteiger charge is 2.11. The normalized spacial score (nSPS) is 11.2. The second kappa shape index (κ2) is 8.17. The summed E-state index contributed by atoms with van der Waals surface area (Å²) in [6.45, 7) is 4.25. The average Bonchev–Trinajstić information content (AvgIpc) is 3.21. The van der Waals surface area contributed by atoms with Gasteiger partial charge in [-0.05, 0) is 18.4 Å². The van der Waals surface area contributed by atoms with Gasteiger partial charge in [-0.25, -0.2) is 0 Å². The minimum atomic E-state index is -0.0865. The van der Waals surface area contributed by atoms with Crippen LogP contribution in [-0.4, -0.2) is 43.0 Å². The number of carbonyl (C=O) groups excluding carboxylic acids is 1. The van der Waals surface area contributed by atoms with Crippen molar-refractivity contribution in [3.63, 3.8) is 0 Å². The number of nitrogens with zero attached hydrogens (tertiary/aromatic N) is 6. The lowest BCUT2D eigenvalue weighted by molar-refractivity contribution is -0.116. The van der Waals surface area contributed by atoms with Crippen LogP contribution >= 0.6 is 11.3 Å². The number of carbonyl (C=O) groups is 1. The van der Waals surface area contributed by atoms with Gasteiger partial charge in [-0.2, -0.15) is 4.52 Å². The molecule has 3 heterocycles. The molecule has 0 radical (unpaired) electrons. The van der Waals surface area contributed by atoms with Crippen molar-refractivity contribution in [2.45, 2.75) is 39.5 Å². The zero-order chi connectivity index (χ0) is 18.5. The van der Waals surface area contributed by atoms with Crippen LogP contribution in [0.1, 0.15) is 37.5 Å². The molecule has 0 saturated carbocycles. The second-order valence-corrected chi connectivity index (χ2v) is 7.32. The van der Waals surface area contributed by atoms with Gasteiger partial charge in [0.1, 0.15) is 5.01 Å². The van der Waals surface area contributed by atoms with Crippen molar-refractivity contribution in [2.75, 3.05) is 12.4 Å². The quantitative estimate of drug-likeness (QED) is 0.643. The number of anilines is 1. The first-order valence-electron chi connectivity index (χ1n) is 8.42. The monoisotopic (exact) mass is 375 g/mol. The molecule has 0 bridgehead atoms. The van der Waals surface area contributed by atoms with Crippen molar-refractivity contribution in [1.82, 2.24) is 30.0 Å². The Labute approximate surface area is 154 Å². The van der Waals surface area contributed by atoms with Gasteiger partial charge in [-0.15, -0.1) is 25.5 Å². The highest BCUT2D eigenvalue weighted by molar-refractivity contribution is 7.15. The first-order valence-corrected chi connectivity index (χ1v) is 9.24. The number of hydrogen-bond donors (Lipinski definition) is 1. The minimum Gasteiger partial charge on any atom is -0.480 e. The summed E-state index contributed by atoms with van der Waals surface area (Å²) in [7, 11) is 1.56. The van der Waals surface area contributed by atoms with Gasteiger partial charge in [0.15, 0.2) is 11.5 Å². The first-order chi connectivity index (χ1) is 12.5. The molecule has 0 aromatic carbocycles. The third-order valence-electron chi connectivity index (χ3n) is 3.61. The Hall–Kier alpha value is -2.62. The molecule has 26 heavy (non-hydrogen) atoms. The van der Waals surface area contributed by atoms with Crippen molar-refractivity contribution < 1.29 is 9.53 Å². The van der Waals surface area contributed by atoms with E-state index >= 15 is 0 Å². The SMILES string of the molecule is COc1ccc2nnc(CCCC(=O)Nc3nnc(CC(C)C)s3)n2n1. The number of amides is 1. The van der Waals surface area contributed by atoms with Crippen LogP contribution in [0, 0.1) is 5.92 Å². The number of methoxy groups -OCH3 is 1. The molecule has 3 aromatic rings. The fourth-order valence-electron chi connectivity index (χ4n) is 2.41. The van der Waals surface area contributed by atoms with Gasteiger partial charge in [-0.3, -0.25) is 4.79 Å². The van der Waals surface area contributed by atoms with Crippen LogP contribution in [0.2, 0.25) is 0 Å². The van der Waals surface area contributed by atoms with Gasteiger partial charge in [0.05, 0.1) is 7.11 Å². The largest absolute Gasteiger partial charge is 0.480 e. The Morgan fingerprint density at radius 2 is 2.12 bits per heavy atom. The lowest BCUT2D eigenvalue weighted by atomic mass is 10.1. The van der Waals surface area contributed by atoms with Gasteiger partial charge in [0.2, 0.25) is 16.9 Å². The van der Waals surface area contributed by atoms with Gasteiger partial charge in [-0.1, -0.05) is 25.2 Å². The van der Waals surface area contributed by atoms with E-state index in [9.17, 15) is 4.79 Å². The molecule has 0 spiro atoms. The molecule has 1 amide bonds. The van der Waals surface area contributed by atoms with Crippen molar-refractivity contribution in [3.8, 4) is 5.88 Å². The summed E-state index contributed by atoms with van der Waals surface area (Å²) >= 11 is 1.42. The fourth-order valence-corrected chi connectivity index (χ4v) is 3.37. The van der Waals surface area contributed by atoms with Crippen LogP contribution in [0.3, 0.4) is 0 Å². The van der Waals surface area contributed by atoms with Crippen LogP contribution < -0.4 is 10.1 Å². The molecule has 3 aromatic heterocycles. The fraction of sp³-hybridized carbons (Fsp3) is 0.500. The Morgan fingerprint density at radius 3 is 2.88 bits per heavy atom.